The van der Waals surface area contributed by atoms with E-state index in [0.29, 0.717) is 5.56 Å². The van der Waals surface area contributed by atoms with Crippen LogP contribution in [0.2, 0.25) is 0 Å². The molecule has 2 N–H and O–H groups in total. The van der Waals surface area contributed by atoms with Gasteiger partial charge in [0.25, 0.3) is 5.69 Å². The average molecular weight is 269 g/mol. The normalized spacial score (nSPS) is 13.7. The predicted molar refractivity (Wildman–Crippen MR) is 65.4 cm³/mol. The lowest BCUT2D eigenvalue weighted by Gasteiger charge is -2.17. The van der Waals surface area contributed by atoms with Crippen molar-refractivity contribution in [3.05, 3.63) is 39.4 Å². The summed E-state index contributed by atoms with van der Waals surface area (Å²) in [6.45, 7) is 1.63. The summed E-state index contributed by atoms with van der Waals surface area (Å²) in [4.78, 5) is 21.1. The van der Waals surface area contributed by atoms with Crippen molar-refractivity contribution in [2.75, 3.05) is 7.11 Å². The fourth-order valence-electron chi connectivity index (χ4n) is 1.66. The number of rotatable bonds is 5. The lowest BCUT2D eigenvalue weighted by Crippen LogP contribution is -2.22. The van der Waals surface area contributed by atoms with E-state index in [1.54, 1.807) is 6.92 Å². The number of nitro groups is 1. The van der Waals surface area contributed by atoms with Crippen LogP contribution >= 0.6 is 0 Å². The number of benzene rings is 1. The largest absolute Gasteiger partial charge is 0.469 e. The first-order valence-electron chi connectivity index (χ1n) is 5.54. The summed E-state index contributed by atoms with van der Waals surface area (Å²) < 4.78 is 4.37. The lowest BCUT2D eigenvalue weighted by atomic mass is 10.00. The Balaban J connectivity index is 2.95. The molecule has 0 radical (unpaired) electrons. The maximum Gasteiger partial charge on any atom is 0.308 e. The monoisotopic (exact) mass is 269 g/mol. The minimum Gasteiger partial charge on any atom is -0.469 e. The third-order valence-corrected chi connectivity index (χ3v) is 2.60. The second kappa shape index (κ2) is 6.26. The Morgan fingerprint density at radius 3 is 2.58 bits per heavy atom. The topological polar surface area (TPSA) is 110 Å². The van der Waals surface area contributed by atoms with E-state index in [4.69, 9.17) is 0 Å². The molecule has 7 heteroatoms. The molecule has 0 saturated heterocycles. The third-order valence-electron chi connectivity index (χ3n) is 2.60. The van der Waals surface area contributed by atoms with Crippen LogP contribution in [0.4, 0.5) is 5.69 Å². The van der Waals surface area contributed by atoms with Gasteiger partial charge in [-0.2, -0.15) is 0 Å². The fourth-order valence-corrected chi connectivity index (χ4v) is 1.66. The van der Waals surface area contributed by atoms with Crippen LogP contribution in [-0.2, 0) is 9.53 Å². The Morgan fingerprint density at radius 1 is 1.42 bits per heavy atom. The van der Waals surface area contributed by atoms with E-state index in [9.17, 15) is 25.1 Å². The van der Waals surface area contributed by atoms with E-state index in [1.807, 2.05) is 0 Å². The zero-order valence-corrected chi connectivity index (χ0v) is 10.6. The molecule has 0 aromatic heterocycles. The minimum atomic E-state index is -1.39. The van der Waals surface area contributed by atoms with Gasteiger partial charge in [-0.25, -0.2) is 0 Å². The van der Waals surface area contributed by atoms with Crippen LogP contribution in [0, 0.1) is 17.0 Å². The SMILES string of the molecule is COC(=O)CC(O)C(O)c1cc(C)cc([N+](=O)[O-])c1. The molecule has 0 aliphatic rings. The number of hydrogen-bond acceptors (Lipinski definition) is 6. The average Bonchev–Trinajstić information content (AvgIpc) is 2.36. The summed E-state index contributed by atoms with van der Waals surface area (Å²) in [7, 11) is 1.17. The number of esters is 1. The van der Waals surface area contributed by atoms with Crippen molar-refractivity contribution >= 4 is 11.7 Å². The van der Waals surface area contributed by atoms with Crippen LogP contribution in [0.5, 0.6) is 0 Å². The van der Waals surface area contributed by atoms with Gasteiger partial charge in [-0.3, -0.25) is 14.9 Å². The molecule has 0 fully saturated rings. The maximum atomic E-state index is 11.0. The van der Waals surface area contributed by atoms with Crippen LogP contribution in [0.1, 0.15) is 23.7 Å². The Kier molecular flexibility index (Phi) is 4.96. The number of aliphatic hydroxyl groups excluding tert-OH is 2. The zero-order valence-electron chi connectivity index (χ0n) is 10.6. The predicted octanol–water partition coefficient (Wildman–Crippen LogP) is 0.861. The summed E-state index contributed by atoms with van der Waals surface area (Å²) in [5, 5.41) is 30.3. The molecule has 0 bridgehead atoms. The Hall–Kier alpha value is -1.99. The first-order valence-corrected chi connectivity index (χ1v) is 5.54. The number of nitro benzene ring substituents is 1. The van der Waals surface area contributed by atoms with E-state index < -0.39 is 23.1 Å². The molecular formula is C12H15NO6. The Bertz CT molecular complexity index is 487. The molecule has 1 rings (SSSR count). The van der Waals surface area contributed by atoms with Crippen molar-refractivity contribution in [2.24, 2.45) is 0 Å². The minimum absolute atomic E-state index is 0.181. The molecule has 1 aromatic carbocycles. The smallest absolute Gasteiger partial charge is 0.308 e. The highest BCUT2D eigenvalue weighted by atomic mass is 16.6. The first kappa shape index (κ1) is 15.1. The van der Waals surface area contributed by atoms with Crippen LogP contribution < -0.4 is 0 Å². The highest BCUT2D eigenvalue weighted by Crippen LogP contribution is 2.25. The third kappa shape index (κ3) is 4.01. The molecule has 0 spiro atoms. The van der Waals surface area contributed by atoms with E-state index in [0.717, 1.165) is 6.07 Å². The number of ether oxygens (including phenoxy) is 1. The van der Waals surface area contributed by atoms with Crippen LogP contribution in [0.25, 0.3) is 0 Å². The van der Waals surface area contributed by atoms with Gasteiger partial charge in [-0.05, 0) is 18.1 Å². The molecule has 104 valence electrons. The number of carbonyl (C=O) groups excluding carboxylic acids is 1. The van der Waals surface area contributed by atoms with Crippen molar-refractivity contribution in [3.8, 4) is 0 Å². The van der Waals surface area contributed by atoms with E-state index in [1.165, 1.54) is 19.2 Å². The Labute approximate surface area is 109 Å². The second-order valence-corrected chi connectivity index (χ2v) is 4.15. The number of aryl methyl sites for hydroxylation is 1. The summed E-state index contributed by atoms with van der Waals surface area (Å²) >= 11 is 0. The summed E-state index contributed by atoms with van der Waals surface area (Å²) in [6.07, 6.45) is -3.16. The van der Waals surface area contributed by atoms with Gasteiger partial charge < -0.3 is 14.9 Å². The van der Waals surface area contributed by atoms with Crippen LogP contribution in [-0.4, -0.2) is 34.3 Å². The number of nitrogens with zero attached hydrogens (tertiary/aromatic N) is 1. The molecule has 0 saturated carbocycles. The first-order chi connectivity index (χ1) is 8.85. The molecule has 2 unspecified atom stereocenters. The van der Waals surface area contributed by atoms with Crippen LogP contribution in [0.3, 0.4) is 0 Å². The second-order valence-electron chi connectivity index (χ2n) is 4.15. The number of carbonyl (C=O) groups is 1. The molecular weight excluding hydrogens is 254 g/mol. The molecule has 2 atom stereocenters. The lowest BCUT2D eigenvalue weighted by molar-refractivity contribution is -0.385. The molecule has 0 aliphatic heterocycles. The van der Waals surface area contributed by atoms with E-state index in [2.05, 4.69) is 4.74 Å². The molecule has 0 heterocycles. The van der Waals surface area contributed by atoms with Crippen molar-refractivity contribution in [3.63, 3.8) is 0 Å². The van der Waals surface area contributed by atoms with Gasteiger partial charge in [-0.1, -0.05) is 6.07 Å². The molecule has 0 aliphatic carbocycles. The van der Waals surface area contributed by atoms with Crippen molar-refractivity contribution in [1.82, 2.24) is 0 Å². The van der Waals surface area contributed by atoms with Crippen molar-refractivity contribution in [1.29, 1.82) is 0 Å². The van der Waals surface area contributed by atoms with Gasteiger partial charge in [0, 0.05) is 12.1 Å². The van der Waals surface area contributed by atoms with Gasteiger partial charge in [0.1, 0.15) is 6.10 Å². The number of hydrogen-bond donors (Lipinski definition) is 2. The van der Waals surface area contributed by atoms with Gasteiger partial charge in [0.05, 0.1) is 24.6 Å². The Morgan fingerprint density at radius 2 is 2.05 bits per heavy atom. The van der Waals surface area contributed by atoms with E-state index >= 15 is 0 Å². The van der Waals surface area contributed by atoms with Crippen molar-refractivity contribution in [2.45, 2.75) is 25.6 Å². The summed E-state index contributed by atoms with van der Waals surface area (Å²) in [6, 6.07) is 4.03. The highest BCUT2D eigenvalue weighted by molar-refractivity contribution is 5.69. The number of non-ortho nitro benzene ring substituents is 1. The van der Waals surface area contributed by atoms with Crippen LogP contribution in [0.15, 0.2) is 18.2 Å². The number of aliphatic hydroxyl groups is 2. The fraction of sp³-hybridized carbons (Fsp3) is 0.417. The van der Waals surface area contributed by atoms with Gasteiger partial charge in [-0.15, -0.1) is 0 Å². The molecule has 19 heavy (non-hydrogen) atoms. The zero-order chi connectivity index (χ0) is 14.6. The molecule has 0 amide bonds. The number of methoxy groups -OCH3 is 1. The standard InChI is InChI=1S/C12H15NO6/c1-7-3-8(5-9(4-7)13(17)18)12(16)10(14)6-11(15)19-2/h3-5,10,12,14,16H,6H2,1-2H3. The van der Waals surface area contributed by atoms with Crippen molar-refractivity contribution < 1.29 is 24.7 Å². The van der Waals surface area contributed by atoms with Gasteiger partial charge in [0.2, 0.25) is 0 Å². The molecule has 1 aromatic rings. The quantitative estimate of drug-likeness (QED) is 0.466. The summed E-state index contributed by atoms with van der Waals surface area (Å²) in [5.74, 6) is -0.672. The maximum absolute atomic E-state index is 11.0. The molecule has 7 nitrogen and oxygen atoms in total. The highest BCUT2D eigenvalue weighted by Gasteiger charge is 2.23. The van der Waals surface area contributed by atoms with Gasteiger partial charge in [0.15, 0.2) is 0 Å². The summed E-state index contributed by atoms with van der Waals surface area (Å²) in [5.41, 5.74) is 0.580. The van der Waals surface area contributed by atoms with Gasteiger partial charge >= 0.3 is 5.97 Å². The van der Waals surface area contributed by atoms with E-state index in [-0.39, 0.29) is 17.7 Å².